The average Bonchev–Trinajstić information content (AvgIpc) is 3.11. The van der Waals surface area contributed by atoms with E-state index in [1.807, 2.05) is 24.4 Å². The molecule has 1 aliphatic heterocycles. The lowest BCUT2D eigenvalue weighted by Gasteiger charge is -2.27. The zero-order valence-electron chi connectivity index (χ0n) is 15.7. The van der Waals surface area contributed by atoms with Gasteiger partial charge in [0.25, 0.3) is 0 Å². The molecule has 0 amide bonds. The molecule has 0 spiro atoms. The van der Waals surface area contributed by atoms with Crippen LogP contribution in [0.4, 0.5) is 0 Å². The van der Waals surface area contributed by atoms with Gasteiger partial charge in [0.2, 0.25) is 0 Å². The van der Waals surface area contributed by atoms with Gasteiger partial charge in [0, 0.05) is 37.6 Å². The normalized spacial score (nSPS) is 14.7. The number of nitrogens with zero attached hydrogens (tertiary/aromatic N) is 3. The molecule has 140 valence electrons. The monoisotopic (exact) mass is 363 g/mol. The highest BCUT2D eigenvalue weighted by atomic mass is 16.5. The summed E-state index contributed by atoms with van der Waals surface area (Å²) < 4.78 is 13.7. The first-order chi connectivity index (χ1) is 13.3. The molecule has 5 heteroatoms. The van der Waals surface area contributed by atoms with Crippen LogP contribution in [0.25, 0.3) is 0 Å². The highest BCUT2D eigenvalue weighted by Crippen LogP contribution is 2.33. The second-order valence-corrected chi connectivity index (χ2v) is 6.82. The summed E-state index contributed by atoms with van der Waals surface area (Å²) >= 11 is 0. The topological polar surface area (TPSA) is 39.5 Å². The third kappa shape index (κ3) is 4.14. The molecule has 0 atom stereocenters. The Morgan fingerprint density at radius 3 is 2.81 bits per heavy atom. The maximum Gasteiger partial charge on any atom is 0.165 e. The zero-order chi connectivity index (χ0) is 18.5. The number of para-hydroxylation sites is 1. The number of hydrogen-bond donors (Lipinski definition) is 0. The van der Waals surface area contributed by atoms with Crippen LogP contribution in [0, 0.1) is 0 Å². The average molecular weight is 363 g/mol. The molecular formula is C22H25N3O2. The van der Waals surface area contributed by atoms with E-state index in [9.17, 15) is 0 Å². The van der Waals surface area contributed by atoms with E-state index in [0.717, 1.165) is 55.5 Å². The highest BCUT2D eigenvalue weighted by molar-refractivity contribution is 5.46. The molecule has 2 aromatic carbocycles. The van der Waals surface area contributed by atoms with Crippen molar-refractivity contribution < 1.29 is 9.47 Å². The van der Waals surface area contributed by atoms with Gasteiger partial charge in [0.05, 0.1) is 20.3 Å². The van der Waals surface area contributed by atoms with Crippen LogP contribution >= 0.6 is 0 Å². The van der Waals surface area contributed by atoms with Crippen molar-refractivity contribution in [1.29, 1.82) is 0 Å². The van der Waals surface area contributed by atoms with E-state index in [4.69, 9.17) is 9.47 Å². The van der Waals surface area contributed by atoms with Gasteiger partial charge < -0.3 is 14.0 Å². The number of fused-ring (bicyclic) bond motifs is 1. The second kappa shape index (κ2) is 8.27. The van der Waals surface area contributed by atoms with Crippen molar-refractivity contribution in [2.75, 3.05) is 20.3 Å². The van der Waals surface area contributed by atoms with Crippen LogP contribution in [0.15, 0.2) is 60.9 Å². The van der Waals surface area contributed by atoms with E-state index in [1.165, 1.54) is 5.56 Å². The number of methoxy groups -OCH3 is 1. The molecule has 0 saturated heterocycles. The van der Waals surface area contributed by atoms with Crippen LogP contribution in [0.5, 0.6) is 11.5 Å². The summed E-state index contributed by atoms with van der Waals surface area (Å²) in [6.45, 7) is 4.16. The van der Waals surface area contributed by atoms with Crippen molar-refractivity contribution in [2.24, 2.45) is 0 Å². The van der Waals surface area contributed by atoms with Crippen LogP contribution in [0.2, 0.25) is 0 Å². The van der Waals surface area contributed by atoms with Crippen molar-refractivity contribution in [3.8, 4) is 11.5 Å². The minimum absolute atomic E-state index is 0.697. The molecule has 2 heterocycles. The predicted molar refractivity (Wildman–Crippen MR) is 105 cm³/mol. The number of ether oxygens (including phenoxy) is 2. The largest absolute Gasteiger partial charge is 0.493 e. The highest BCUT2D eigenvalue weighted by Gasteiger charge is 2.18. The first kappa shape index (κ1) is 17.6. The molecule has 0 saturated carbocycles. The van der Waals surface area contributed by atoms with Gasteiger partial charge in [-0.2, -0.15) is 0 Å². The summed E-state index contributed by atoms with van der Waals surface area (Å²) in [7, 11) is 1.69. The third-order valence-corrected chi connectivity index (χ3v) is 4.90. The summed E-state index contributed by atoms with van der Waals surface area (Å²) in [4.78, 5) is 7.05. The minimum Gasteiger partial charge on any atom is -0.493 e. The fraction of sp³-hybridized carbons (Fsp3) is 0.318. The number of hydrogen-bond acceptors (Lipinski definition) is 4. The molecule has 5 nitrogen and oxygen atoms in total. The van der Waals surface area contributed by atoms with Crippen LogP contribution in [0.1, 0.15) is 23.4 Å². The molecule has 1 aliphatic rings. The molecule has 4 rings (SSSR count). The van der Waals surface area contributed by atoms with Gasteiger partial charge in [0.15, 0.2) is 11.5 Å². The molecule has 0 aliphatic carbocycles. The molecular weight excluding hydrogens is 338 g/mol. The summed E-state index contributed by atoms with van der Waals surface area (Å²) in [5, 5.41) is 0. The van der Waals surface area contributed by atoms with Crippen molar-refractivity contribution in [3.63, 3.8) is 0 Å². The molecule has 0 N–H and O–H groups in total. The summed E-state index contributed by atoms with van der Waals surface area (Å²) in [5.41, 5.74) is 2.45. The number of rotatable bonds is 5. The molecule has 27 heavy (non-hydrogen) atoms. The number of aromatic nitrogens is 2. The van der Waals surface area contributed by atoms with Crippen LogP contribution in [-0.4, -0.2) is 34.7 Å². The van der Waals surface area contributed by atoms with Gasteiger partial charge in [-0.3, -0.25) is 4.90 Å². The maximum absolute atomic E-state index is 5.96. The van der Waals surface area contributed by atoms with E-state index in [0.29, 0.717) is 6.61 Å². The second-order valence-electron chi connectivity index (χ2n) is 6.82. The van der Waals surface area contributed by atoms with E-state index in [1.54, 1.807) is 7.11 Å². The first-order valence-corrected chi connectivity index (χ1v) is 9.38. The number of imidazole rings is 1. The number of benzene rings is 2. The van der Waals surface area contributed by atoms with Crippen LogP contribution in [0.3, 0.4) is 0 Å². The Bertz CT molecular complexity index is 876. The van der Waals surface area contributed by atoms with Crippen LogP contribution in [-0.2, 0) is 19.6 Å². The van der Waals surface area contributed by atoms with Gasteiger partial charge in [-0.15, -0.1) is 0 Å². The molecule has 0 fully saturated rings. The lowest BCUT2D eigenvalue weighted by Crippen LogP contribution is -2.29. The van der Waals surface area contributed by atoms with Crippen molar-refractivity contribution >= 4 is 0 Å². The van der Waals surface area contributed by atoms with E-state index in [-0.39, 0.29) is 0 Å². The fourth-order valence-corrected chi connectivity index (χ4v) is 3.54. The molecule has 1 aromatic heterocycles. The van der Waals surface area contributed by atoms with Gasteiger partial charge >= 0.3 is 0 Å². The minimum atomic E-state index is 0.697. The van der Waals surface area contributed by atoms with Crippen molar-refractivity contribution in [2.45, 2.75) is 26.1 Å². The van der Waals surface area contributed by atoms with Crippen molar-refractivity contribution in [1.82, 2.24) is 14.5 Å². The third-order valence-electron chi connectivity index (χ3n) is 4.90. The Kier molecular flexibility index (Phi) is 5.39. The molecule has 0 radical (unpaired) electrons. The van der Waals surface area contributed by atoms with E-state index >= 15 is 0 Å². The Hall–Kier alpha value is -2.79. The zero-order valence-corrected chi connectivity index (χ0v) is 15.7. The lowest BCUT2D eigenvalue weighted by molar-refractivity contribution is 0.190. The standard InChI is InChI=1S/C22H25N3O2/c1-26-20-10-5-9-19-16-24(12-6-14-27-22(19)20)17-21-23-11-13-25(21)15-18-7-3-2-4-8-18/h2-5,7-11,13H,6,12,14-17H2,1H3. The summed E-state index contributed by atoms with van der Waals surface area (Å²) in [6, 6.07) is 16.6. The van der Waals surface area contributed by atoms with Gasteiger partial charge in [0.1, 0.15) is 5.82 Å². The Morgan fingerprint density at radius 1 is 1.07 bits per heavy atom. The maximum atomic E-state index is 5.96. The first-order valence-electron chi connectivity index (χ1n) is 9.38. The Morgan fingerprint density at radius 2 is 1.96 bits per heavy atom. The fourth-order valence-electron chi connectivity index (χ4n) is 3.54. The Balaban J connectivity index is 1.52. The summed E-state index contributed by atoms with van der Waals surface area (Å²) in [5.74, 6) is 2.77. The van der Waals surface area contributed by atoms with Gasteiger partial charge in [-0.25, -0.2) is 4.98 Å². The van der Waals surface area contributed by atoms with E-state index in [2.05, 4.69) is 51.0 Å². The van der Waals surface area contributed by atoms with Gasteiger partial charge in [-0.05, 0) is 18.1 Å². The lowest BCUT2D eigenvalue weighted by atomic mass is 10.1. The SMILES string of the molecule is COc1cccc2c1OCCCN(Cc1nccn1Cc1ccccc1)C2. The van der Waals surface area contributed by atoms with E-state index < -0.39 is 0 Å². The molecule has 0 bridgehead atoms. The smallest absolute Gasteiger partial charge is 0.165 e. The van der Waals surface area contributed by atoms with Crippen LogP contribution < -0.4 is 9.47 Å². The quantitative estimate of drug-likeness (QED) is 0.693. The molecule has 3 aromatic rings. The Labute approximate surface area is 160 Å². The molecule has 0 unspecified atom stereocenters. The predicted octanol–water partition coefficient (Wildman–Crippen LogP) is 3.72. The van der Waals surface area contributed by atoms with Gasteiger partial charge in [-0.1, -0.05) is 42.5 Å². The van der Waals surface area contributed by atoms with Crippen molar-refractivity contribution in [3.05, 3.63) is 77.9 Å². The summed E-state index contributed by atoms with van der Waals surface area (Å²) in [6.07, 6.45) is 4.94.